The number of halogens is 1. The molecule has 0 aliphatic rings. The third-order valence-electron chi connectivity index (χ3n) is 2.82. The van der Waals surface area contributed by atoms with Gasteiger partial charge in [0.2, 0.25) is 0 Å². The number of carbonyl (C=O) groups is 1. The number of nitrogen functional groups attached to an aromatic ring is 1. The van der Waals surface area contributed by atoms with E-state index in [2.05, 4.69) is 5.32 Å². The Hall–Kier alpha value is -2.40. The molecule has 6 heteroatoms. The SMILES string of the molecule is COc1ccc(NC(=O)c2cc(N)cc(Cl)c2)cc1OC. The van der Waals surface area contributed by atoms with E-state index in [1.807, 2.05) is 0 Å². The zero-order valence-electron chi connectivity index (χ0n) is 11.6. The van der Waals surface area contributed by atoms with Crippen molar-refractivity contribution in [2.24, 2.45) is 0 Å². The summed E-state index contributed by atoms with van der Waals surface area (Å²) in [5, 5.41) is 3.16. The lowest BCUT2D eigenvalue weighted by Gasteiger charge is -2.11. The van der Waals surface area contributed by atoms with E-state index in [0.29, 0.717) is 33.5 Å². The molecule has 2 aromatic carbocycles. The summed E-state index contributed by atoms with van der Waals surface area (Å²) in [4.78, 5) is 12.2. The number of amides is 1. The Morgan fingerprint density at radius 3 is 2.43 bits per heavy atom. The third kappa shape index (κ3) is 3.58. The number of hydrogen-bond donors (Lipinski definition) is 2. The van der Waals surface area contributed by atoms with Crippen LogP contribution in [-0.4, -0.2) is 20.1 Å². The van der Waals surface area contributed by atoms with Crippen LogP contribution >= 0.6 is 11.6 Å². The van der Waals surface area contributed by atoms with Gasteiger partial charge in [0.15, 0.2) is 11.5 Å². The maximum absolute atomic E-state index is 12.2. The summed E-state index contributed by atoms with van der Waals surface area (Å²) in [5.41, 5.74) is 7.07. The number of rotatable bonds is 4. The summed E-state index contributed by atoms with van der Waals surface area (Å²) in [5.74, 6) is 0.805. The van der Waals surface area contributed by atoms with Gasteiger partial charge in [-0.25, -0.2) is 0 Å². The van der Waals surface area contributed by atoms with Crippen LogP contribution in [-0.2, 0) is 0 Å². The molecule has 0 aromatic heterocycles. The van der Waals surface area contributed by atoms with Crippen molar-refractivity contribution in [3.05, 3.63) is 47.0 Å². The summed E-state index contributed by atoms with van der Waals surface area (Å²) in [6.07, 6.45) is 0. The predicted octanol–water partition coefficient (Wildman–Crippen LogP) is 3.19. The van der Waals surface area contributed by atoms with Crippen LogP contribution in [0.15, 0.2) is 36.4 Å². The van der Waals surface area contributed by atoms with Gasteiger partial charge >= 0.3 is 0 Å². The molecule has 0 saturated heterocycles. The molecule has 0 heterocycles. The number of carbonyl (C=O) groups excluding carboxylic acids is 1. The van der Waals surface area contributed by atoms with Crippen molar-refractivity contribution in [2.45, 2.75) is 0 Å². The number of anilines is 2. The molecular weight excluding hydrogens is 292 g/mol. The number of nitrogens with one attached hydrogen (secondary N) is 1. The average molecular weight is 307 g/mol. The molecule has 0 unspecified atom stereocenters. The summed E-state index contributed by atoms with van der Waals surface area (Å²) >= 11 is 5.89. The normalized spacial score (nSPS) is 10.0. The van der Waals surface area contributed by atoms with Crippen LogP contribution in [0.25, 0.3) is 0 Å². The molecule has 3 N–H and O–H groups in total. The zero-order valence-corrected chi connectivity index (χ0v) is 12.4. The van der Waals surface area contributed by atoms with Crippen molar-refractivity contribution in [2.75, 3.05) is 25.3 Å². The molecule has 0 aliphatic heterocycles. The number of hydrogen-bond acceptors (Lipinski definition) is 4. The predicted molar refractivity (Wildman–Crippen MR) is 83.4 cm³/mol. The summed E-state index contributed by atoms with van der Waals surface area (Å²) in [7, 11) is 3.08. The first-order valence-corrected chi connectivity index (χ1v) is 6.50. The number of ether oxygens (including phenoxy) is 2. The van der Waals surface area contributed by atoms with Gasteiger partial charge in [-0.05, 0) is 30.3 Å². The monoisotopic (exact) mass is 306 g/mol. The van der Waals surface area contributed by atoms with Crippen molar-refractivity contribution in [3.63, 3.8) is 0 Å². The Morgan fingerprint density at radius 1 is 1.10 bits per heavy atom. The fourth-order valence-corrected chi connectivity index (χ4v) is 2.10. The molecule has 21 heavy (non-hydrogen) atoms. The summed E-state index contributed by atoms with van der Waals surface area (Å²) in [6.45, 7) is 0. The molecular formula is C15H15ClN2O3. The van der Waals surface area contributed by atoms with Gasteiger partial charge in [-0.3, -0.25) is 4.79 Å². The summed E-state index contributed by atoms with van der Waals surface area (Å²) in [6, 6.07) is 9.78. The van der Waals surface area contributed by atoms with Gasteiger partial charge in [-0.15, -0.1) is 0 Å². The van der Waals surface area contributed by atoms with Crippen LogP contribution < -0.4 is 20.5 Å². The first-order chi connectivity index (χ1) is 10.0. The van der Waals surface area contributed by atoms with E-state index in [1.54, 1.807) is 43.5 Å². The molecule has 0 fully saturated rings. The number of benzene rings is 2. The van der Waals surface area contributed by atoms with Crippen molar-refractivity contribution < 1.29 is 14.3 Å². The van der Waals surface area contributed by atoms with E-state index in [1.165, 1.54) is 7.11 Å². The molecule has 110 valence electrons. The van der Waals surface area contributed by atoms with Gasteiger partial charge in [0, 0.05) is 28.0 Å². The fourth-order valence-electron chi connectivity index (χ4n) is 1.86. The second kappa shape index (κ2) is 6.37. The maximum atomic E-state index is 12.2. The van der Waals surface area contributed by atoms with Crippen LogP contribution in [0, 0.1) is 0 Å². The van der Waals surface area contributed by atoms with Crippen LogP contribution in [0.3, 0.4) is 0 Å². The molecule has 0 saturated carbocycles. The van der Waals surface area contributed by atoms with Crippen LogP contribution in [0.5, 0.6) is 11.5 Å². The lowest BCUT2D eigenvalue weighted by molar-refractivity contribution is 0.102. The average Bonchev–Trinajstić information content (AvgIpc) is 2.46. The molecule has 0 aliphatic carbocycles. The van der Waals surface area contributed by atoms with E-state index >= 15 is 0 Å². The highest BCUT2D eigenvalue weighted by Gasteiger charge is 2.10. The first-order valence-electron chi connectivity index (χ1n) is 6.13. The van der Waals surface area contributed by atoms with Gasteiger partial charge in [-0.1, -0.05) is 11.6 Å². The van der Waals surface area contributed by atoms with Crippen molar-refractivity contribution >= 4 is 28.9 Å². The van der Waals surface area contributed by atoms with E-state index < -0.39 is 0 Å². The van der Waals surface area contributed by atoms with Gasteiger partial charge in [0.05, 0.1) is 14.2 Å². The minimum atomic E-state index is -0.309. The fraction of sp³-hybridized carbons (Fsp3) is 0.133. The van der Waals surface area contributed by atoms with Crippen molar-refractivity contribution in [3.8, 4) is 11.5 Å². The van der Waals surface area contributed by atoms with E-state index in [0.717, 1.165) is 0 Å². The minimum Gasteiger partial charge on any atom is -0.493 e. The van der Waals surface area contributed by atoms with E-state index in [-0.39, 0.29) is 5.91 Å². The Morgan fingerprint density at radius 2 is 1.81 bits per heavy atom. The third-order valence-corrected chi connectivity index (χ3v) is 3.04. The topological polar surface area (TPSA) is 73.6 Å². The van der Waals surface area contributed by atoms with Crippen molar-refractivity contribution in [1.82, 2.24) is 0 Å². The Labute approximate surface area is 127 Å². The minimum absolute atomic E-state index is 0.309. The van der Waals surface area contributed by atoms with Crippen LogP contribution in [0.4, 0.5) is 11.4 Å². The lowest BCUT2D eigenvalue weighted by Crippen LogP contribution is -2.12. The Balaban J connectivity index is 2.23. The summed E-state index contributed by atoms with van der Waals surface area (Å²) < 4.78 is 10.3. The Bertz CT molecular complexity index is 654. The van der Waals surface area contributed by atoms with Crippen molar-refractivity contribution in [1.29, 1.82) is 0 Å². The molecule has 5 nitrogen and oxygen atoms in total. The quantitative estimate of drug-likeness (QED) is 0.851. The molecule has 0 radical (unpaired) electrons. The molecule has 0 atom stereocenters. The highest BCUT2D eigenvalue weighted by molar-refractivity contribution is 6.31. The van der Waals surface area contributed by atoms with Gasteiger partial charge in [0.1, 0.15) is 0 Å². The number of methoxy groups -OCH3 is 2. The Kier molecular flexibility index (Phi) is 4.55. The molecule has 0 bridgehead atoms. The lowest BCUT2D eigenvalue weighted by atomic mass is 10.2. The first kappa shape index (κ1) is 15.0. The highest BCUT2D eigenvalue weighted by atomic mass is 35.5. The van der Waals surface area contributed by atoms with Gasteiger partial charge < -0.3 is 20.5 Å². The molecule has 0 spiro atoms. The van der Waals surface area contributed by atoms with E-state index in [9.17, 15) is 4.79 Å². The van der Waals surface area contributed by atoms with Crippen LogP contribution in [0.1, 0.15) is 10.4 Å². The van der Waals surface area contributed by atoms with Gasteiger partial charge in [0.25, 0.3) is 5.91 Å². The largest absolute Gasteiger partial charge is 0.493 e. The standard InChI is InChI=1S/C15H15ClN2O3/c1-20-13-4-3-12(8-14(13)21-2)18-15(19)9-5-10(16)7-11(17)6-9/h3-8H,17H2,1-2H3,(H,18,19). The van der Waals surface area contributed by atoms with Crippen LogP contribution in [0.2, 0.25) is 5.02 Å². The van der Waals surface area contributed by atoms with Gasteiger partial charge in [-0.2, -0.15) is 0 Å². The number of nitrogens with two attached hydrogens (primary N) is 1. The maximum Gasteiger partial charge on any atom is 0.255 e. The zero-order chi connectivity index (χ0) is 15.4. The second-order valence-electron chi connectivity index (χ2n) is 4.30. The second-order valence-corrected chi connectivity index (χ2v) is 4.73. The smallest absolute Gasteiger partial charge is 0.255 e. The molecule has 2 rings (SSSR count). The molecule has 2 aromatic rings. The van der Waals surface area contributed by atoms with E-state index in [4.69, 9.17) is 26.8 Å². The highest BCUT2D eigenvalue weighted by Crippen LogP contribution is 2.30. The molecule has 1 amide bonds.